The smallest absolute Gasteiger partial charge is 0.321 e. The zero-order valence-electron chi connectivity index (χ0n) is 15.5. The first-order chi connectivity index (χ1) is 13.7. The van der Waals surface area contributed by atoms with E-state index >= 15 is 0 Å². The molecule has 2 unspecified atom stereocenters. The van der Waals surface area contributed by atoms with Gasteiger partial charge in [-0.25, -0.2) is 4.79 Å². The fourth-order valence-corrected chi connectivity index (χ4v) is 4.14. The number of amides is 2. The molecule has 9 nitrogen and oxygen atoms in total. The minimum absolute atomic E-state index is 0.0572. The van der Waals surface area contributed by atoms with Gasteiger partial charge in [0.25, 0.3) is 0 Å². The van der Waals surface area contributed by atoms with Crippen molar-refractivity contribution in [2.24, 2.45) is 11.8 Å². The number of rotatable bonds is 3. The number of hydrogen-bond donors (Lipinski definition) is 1. The molecule has 2 amide bonds. The van der Waals surface area contributed by atoms with Crippen LogP contribution < -0.4 is 15.0 Å². The second-order valence-corrected chi connectivity index (χ2v) is 7.32. The Kier molecular flexibility index (Phi) is 4.00. The molecule has 9 heteroatoms. The van der Waals surface area contributed by atoms with Crippen LogP contribution in [0.3, 0.4) is 0 Å². The zero-order chi connectivity index (χ0) is 19.1. The van der Waals surface area contributed by atoms with Crippen LogP contribution in [0.2, 0.25) is 0 Å². The number of likely N-dealkylation sites (tertiary alicyclic amines) is 1. The lowest BCUT2D eigenvalue weighted by atomic mass is 10.0. The summed E-state index contributed by atoms with van der Waals surface area (Å²) in [5.41, 5.74) is 1.48. The van der Waals surface area contributed by atoms with Crippen LogP contribution in [0.5, 0.6) is 5.75 Å². The first kappa shape index (κ1) is 16.8. The Balaban J connectivity index is 1.22. The van der Waals surface area contributed by atoms with Gasteiger partial charge in [-0.15, -0.1) is 15.3 Å². The minimum atomic E-state index is -0.0572. The molecule has 0 radical (unpaired) electrons. The fraction of sp³-hybridized carbons (Fsp3) is 0.368. The van der Waals surface area contributed by atoms with Crippen molar-refractivity contribution in [1.82, 2.24) is 24.7 Å². The number of benzene rings is 1. The lowest BCUT2D eigenvalue weighted by Gasteiger charge is -2.22. The van der Waals surface area contributed by atoms with Crippen LogP contribution >= 0.6 is 0 Å². The SMILES string of the molecule is COc1cccc(NC(=O)N2CC3CN(c4ccc5nncn5n4)CC3C2)c1. The van der Waals surface area contributed by atoms with E-state index in [1.807, 2.05) is 41.3 Å². The number of hydrogen-bond acceptors (Lipinski definition) is 6. The molecule has 2 aliphatic rings. The minimum Gasteiger partial charge on any atom is -0.497 e. The van der Waals surface area contributed by atoms with Crippen LogP contribution in [-0.4, -0.2) is 64.0 Å². The first-order valence-electron chi connectivity index (χ1n) is 9.31. The summed E-state index contributed by atoms with van der Waals surface area (Å²) < 4.78 is 6.90. The number of methoxy groups -OCH3 is 1. The molecule has 5 rings (SSSR count). The van der Waals surface area contributed by atoms with Crippen molar-refractivity contribution in [2.75, 3.05) is 43.5 Å². The van der Waals surface area contributed by atoms with Gasteiger partial charge in [0.15, 0.2) is 5.65 Å². The van der Waals surface area contributed by atoms with Crippen LogP contribution in [0.1, 0.15) is 0 Å². The highest BCUT2D eigenvalue weighted by atomic mass is 16.5. The third-order valence-corrected chi connectivity index (χ3v) is 5.57. The van der Waals surface area contributed by atoms with Gasteiger partial charge in [0.2, 0.25) is 0 Å². The van der Waals surface area contributed by atoms with Crippen molar-refractivity contribution >= 4 is 23.2 Å². The van der Waals surface area contributed by atoms with Crippen molar-refractivity contribution in [3.63, 3.8) is 0 Å². The lowest BCUT2D eigenvalue weighted by molar-refractivity contribution is 0.219. The Morgan fingerprint density at radius 3 is 2.75 bits per heavy atom. The van der Waals surface area contributed by atoms with Crippen LogP contribution in [0.15, 0.2) is 42.7 Å². The molecule has 3 aromatic rings. The molecule has 28 heavy (non-hydrogen) atoms. The number of carbonyl (C=O) groups excluding carboxylic acids is 1. The maximum atomic E-state index is 12.6. The summed E-state index contributed by atoms with van der Waals surface area (Å²) in [6.07, 6.45) is 1.61. The summed E-state index contributed by atoms with van der Waals surface area (Å²) in [5, 5.41) is 15.4. The van der Waals surface area contributed by atoms with Gasteiger partial charge in [-0.05, 0) is 24.3 Å². The van der Waals surface area contributed by atoms with E-state index in [-0.39, 0.29) is 6.03 Å². The fourth-order valence-electron chi connectivity index (χ4n) is 4.14. The van der Waals surface area contributed by atoms with Gasteiger partial charge in [-0.3, -0.25) is 0 Å². The van der Waals surface area contributed by atoms with E-state index < -0.39 is 0 Å². The summed E-state index contributed by atoms with van der Waals surface area (Å²) in [7, 11) is 1.62. The largest absolute Gasteiger partial charge is 0.497 e. The first-order valence-corrected chi connectivity index (χ1v) is 9.31. The van der Waals surface area contributed by atoms with Crippen LogP contribution in [-0.2, 0) is 0 Å². The summed E-state index contributed by atoms with van der Waals surface area (Å²) >= 11 is 0. The number of nitrogens with zero attached hydrogens (tertiary/aromatic N) is 6. The molecule has 2 aliphatic heterocycles. The molecule has 0 saturated carbocycles. The number of aromatic nitrogens is 4. The lowest BCUT2D eigenvalue weighted by Crippen LogP contribution is -2.36. The molecule has 2 aromatic heterocycles. The third-order valence-electron chi connectivity index (χ3n) is 5.57. The highest BCUT2D eigenvalue weighted by Gasteiger charge is 2.42. The van der Waals surface area contributed by atoms with Gasteiger partial charge in [0, 0.05) is 49.8 Å². The average molecular weight is 379 g/mol. The molecule has 2 saturated heterocycles. The van der Waals surface area contributed by atoms with Gasteiger partial charge in [0.05, 0.1) is 7.11 Å². The second-order valence-electron chi connectivity index (χ2n) is 7.32. The summed E-state index contributed by atoms with van der Waals surface area (Å²) in [6.45, 7) is 3.31. The van der Waals surface area contributed by atoms with Crippen molar-refractivity contribution in [1.29, 1.82) is 0 Å². The van der Waals surface area contributed by atoms with E-state index in [1.54, 1.807) is 18.0 Å². The van der Waals surface area contributed by atoms with Gasteiger partial charge in [0.1, 0.15) is 17.9 Å². The Bertz CT molecular complexity index is 1010. The Hall–Kier alpha value is -3.36. The van der Waals surface area contributed by atoms with Crippen molar-refractivity contribution in [3.05, 3.63) is 42.7 Å². The number of nitrogens with one attached hydrogen (secondary N) is 1. The van der Waals surface area contributed by atoms with Gasteiger partial charge >= 0.3 is 6.03 Å². The van der Waals surface area contributed by atoms with E-state index in [4.69, 9.17) is 4.74 Å². The average Bonchev–Trinajstić information content (AvgIpc) is 3.41. The Labute approximate surface area is 161 Å². The van der Waals surface area contributed by atoms with E-state index in [1.165, 1.54) is 0 Å². The molecule has 2 atom stereocenters. The number of ether oxygens (including phenoxy) is 1. The normalized spacial score (nSPS) is 21.2. The molecule has 2 fully saturated rings. The highest BCUT2D eigenvalue weighted by Crippen LogP contribution is 2.33. The molecule has 0 bridgehead atoms. The third kappa shape index (κ3) is 2.98. The van der Waals surface area contributed by atoms with Crippen LogP contribution in [0.25, 0.3) is 5.65 Å². The quantitative estimate of drug-likeness (QED) is 0.746. The number of anilines is 2. The second kappa shape index (κ2) is 6.66. The standard InChI is InChI=1S/C19H21N7O2/c1-28-16-4-2-3-15(7-16)21-19(27)25-10-13-8-24(9-14(13)11-25)18-6-5-17-22-20-12-26(17)23-18/h2-7,12-14H,8-11H2,1H3,(H,21,27). The number of fused-ring (bicyclic) bond motifs is 2. The van der Waals surface area contributed by atoms with E-state index in [2.05, 4.69) is 25.5 Å². The molecule has 0 spiro atoms. The maximum absolute atomic E-state index is 12.6. The van der Waals surface area contributed by atoms with Gasteiger partial charge in [-0.1, -0.05) is 6.07 Å². The predicted octanol–water partition coefficient (Wildman–Crippen LogP) is 1.73. The van der Waals surface area contributed by atoms with Crippen molar-refractivity contribution in [2.45, 2.75) is 0 Å². The van der Waals surface area contributed by atoms with E-state index in [9.17, 15) is 4.79 Å². The summed E-state index contributed by atoms with van der Waals surface area (Å²) in [4.78, 5) is 16.8. The molecule has 1 aromatic carbocycles. The Morgan fingerprint density at radius 1 is 1.14 bits per heavy atom. The monoisotopic (exact) mass is 379 g/mol. The molecule has 4 heterocycles. The topological polar surface area (TPSA) is 87.9 Å². The van der Waals surface area contributed by atoms with E-state index in [0.29, 0.717) is 11.8 Å². The van der Waals surface area contributed by atoms with Gasteiger partial charge in [-0.2, -0.15) is 4.52 Å². The number of carbonyl (C=O) groups is 1. The van der Waals surface area contributed by atoms with E-state index in [0.717, 1.165) is 49.1 Å². The number of urea groups is 1. The summed E-state index contributed by atoms with van der Waals surface area (Å²) in [5.74, 6) is 2.56. The van der Waals surface area contributed by atoms with Crippen LogP contribution in [0, 0.1) is 11.8 Å². The maximum Gasteiger partial charge on any atom is 0.321 e. The Morgan fingerprint density at radius 2 is 1.96 bits per heavy atom. The predicted molar refractivity (Wildman–Crippen MR) is 104 cm³/mol. The molecule has 0 aliphatic carbocycles. The zero-order valence-corrected chi connectivity index (χ0v) is 15.5. The molecular formula is C19H21N7O2. The van der Waals surface area contributed by atoms with Crippen molar-refractivity contribution < 1.29 is 9.53 Å². The highest BCUT2D eigenvalue weighted by molar-refractivity contribution is 5.89. The van der Waals surface area contributed by atoms with Crippen LogP contribution in [0.4, 0.5) is 16.3 Å². The molecule has 144 valence electrons. The molecule has 1 N–H and O–H groups in total. The van der Waals surface area contributed by atoms with Crippen molar-refractivity contribution in [3.8, 4) is 5.75 Å². The molecular weight excluding hydrogens is 358 g/mol. The summed E-state index contributed by atoms with van der Waals surface area (Å²) in [6, 6.07) is 11.3. The van der Waals surface area contributed by atoms with Gasteiger partial charge < -0.3 is 19.9 Å².